The maximum atomic E-state index is 11.1. The molecule has 0 radical (unpaired) electrons. The van der Waals surface area contributed by atoms with E-state index in [0.29, 0.717) is 5.56 Å². The Balaban J connectivity index is 2.60. The van der Waals surface area contributed by atoms with Gasteiger partial charge in [0.25, 0.3) is 0 Å². The molecule has 0 bridgehead atoms. The van der Waals surface area contributed by atoms with E-state index in [1.807, 2.05) is 13.0 Å². The fourth-order valence-electron chi connectivity index (χ4n) is 2.24. The summed E-state index contributed by atoms with van der Waals surface area (Å²) in [7, 11) is 0. The van der Waals surface area contributed by atoms with Crippen LogP contribution in [0.1, 0.15) is 39.9 Å². The van der Waals surface area contributed by atoms with Crippen molar-refractivity contribution in [3.63, 3.8) is 0 Å². The molecule has 1 N–H and O–H groups in total. The fourth-order valence-corrected chi connectivity index (χ4v) is 2.24. The third kappa shape index (κ3) is 1.41. The highest BCUT2D eigenvalue weighted by Crippen LogP contribution is 2.26. The molecular weight excluding hydrogens is 176 g/mol. The van der Waals surface area contributed by atoms with E-state index in [-0.39, 0.29) is 0 Å². The highest BCUT2D eigenvalue weighted by molar-refractivity contribution is 5.91. The van der Waals surface area contributed by atoms with Gasteiger partial charge in [0.1, 0.15) is 0 Å². The van der Waals surface area contributed by atoms with Gasteiger partial charge in [0.05, 0.1) is 5.56 Å². The van der Waals surface area contributed by atoms with Crippen molar-refractivity contribution < 1.29 is 9.90 Å². The van der Waals surface area contributed by atoms with Crippen LogP contribution in [0, 0.1) is 6.92 Å². The van der Waals surface area contributed by atoms with Crippen molar-refractivity contribution in [2.24, 2.45) is 0 Å². The standard InChI is InChI=1S/C12H14O2/c1-8-6-7-9-4-2-3-5-10(9)11(8)12(13)14/h6-7H,2-5H2,1H3,(H,13,14). The molecule has 0 heterocycles. The molecular formula is C12H14O2. The number of hydrogen-bond acceptors (Lipinski definition) is 1. The van der Waals surface area contributed by atoms with Gasteiger partial charge in [-0.05, 0) is 49.3 Å². The summed E-state index contributed by atoms with van der Waals surface area (Å²) in [5.41, 5.74) is 3.74. The second-order valence-corrected chi connectivity index (χ2v) is 3.91. The average Bonchev–Trinajstić information content (AvgIpc) is 2.17. The van der Waals surface area contributed by atoms with Crippen molar-refractivity contribution >= 4 is 5.97 Å². The number of aryl methyl sites for hydroxylation is 2. The molecule has 1 aromatic rings. The quantitative estimate of drug-likeness (QED) is 0.739. The number of rotatable bonds is 1. The normalized spacial score (nSPS) is 14.9. The number of carbonyl (C=O) groups is 1. The van der Waals surface area contributed by atoms with E-state index in [1.165, 1.54) is 12.0 Å². The van der Waals surface area contributed by atoms with Crippen molar-refractivity contribution in [2.75, 3.05) is 0 Å². The summed E-state index contributed by atoms with van der Waals surface area (Å²) in [6.07, 6.45) is 4.28. The molecule has 1 aliphatic rings. The minimum absolute atomic E-state index is 0.544. The summed E-state index contributed by atoms with van der Waals surface area (Å²) in [5, 5.41) is 9.12. The molecule has 0 spiro atoms. The molecule has 1 aromatic carbocycles. The number of aromatic carboxylic acids is 1. The Labute approximate surface area is 83.6 Å². The first-order chi connectivity index (χ1) is 6.70. The molecule has 0 aliphatic heterocycles. The number of benzene rings is 1. The predicted molar refractivity (Wildman–Crippen MR) is 54.8 cm³/mol. The van der Waals surface area contributed by atoms with Crippen molar-refractivity contribution in [1.82, 2.24) is 0 Å². The Morgan fingerprint density at radius 1 is 1.29 bits per heavy atom. The topological polar surface area (TPSA) is 37.3 Å². The minimum Gasteiger partial charge on any atom is -0.478 e. The van der Waals surface area contributed by atoms with Gasteiger partial charge in [-0.1, -0.05) is 12.1 Å². The predicted octanol–water partition coefficient (Wildman–Crippen LogP) is 2.57. The molecule has 0 saturated carbocycles. The van der Waals surface area contributed by atoms with Gasteiger partial charge in [-0.3, -0.25) is 0 Å². The minimum atomic E-state index is -0.777. The number of fused-ring (bicyclic) bond motifs is 1. The largest absolute Gasteiger partial charge is 0.478 e. The van der Waals surface area contributed by atoms with E-state index >= 15 is 0 Å². The second-order valence-electron chi connectivity index (χ2n) is 3.91. The Bertz CT molecular complexity index is 380. The molecule has 0 unspecified atom stereocenters. The molecule has 0 aromatic heterocycles. The Morgan fingerprint density at radius 2 is 2.00 bits per heavy atom. The maximum Gasteiger partial charge on any atom is 0.336 e. The smallest absolute Gasteiger partial charge is 0.336 e. The summed E-state index contributed by atoms with van der Waals surface area (Å²) < 4.78 is 0. The van der Waals surface area contributed by atoms with Crippen molar-refractivity contribution in [3.8, 4) is 0 Å². The van der Waals surface area contributed by atoms with Crippen LogP contribution in [0.2, 0.25) is 0 Å². The molecule has 14 heavy (non-hydrogen) atoms. The van der Waals surface area contributed by atoms with Crippen LogP contribution < -0.4 is 0 Å². The molecule has 2 heteroatoms. The SMILES string of the molecule is Cc1ccc2c(c1C(=O)O)CCCC2. The van der Waals surface area contributed by atoms with Crippen LogP contribution in [-0.2, 0) is 12.8 Å². The van der Waals surface area contributed by atoms with Gasteiger partial charge in [-0.25, -0.2) is 4.79 Å². The van der Waals surface area contributed by atoms with Crippen LogP contribution in [0.4, 0.5) is 0 Å². The molecule has 74 valence electrons. The van der Waals surface area contributed by atoms with Crippen LogP contribution in [0.25, 0.3) is 0 Å². The molecule has 0 amide bonds. The molecule has 2 nitrogen and oxygen atoms in total. The van der Waals surface area contributed by atoms with E-state index in [2.05, 4.69) is 6.07 Å². The van der Waals surface area contributed by atoms with Gasteiger partial charge in [0, 0.05) is 0 Å². The highest BCUT2D eigenvalue weighted by Gasteiger charge is 2.18. The van der Waals surface area contributed by atoms with Gasteiger partial charge < -0.3 is 5.11 Å². The van der Waals surface area contributed by atoms with E-state index in [1.54, 1.807) is 0 Å². The lowest BCUT2D eigenvalue weighted by atomic mass is 9.86. The van der Waals surface area contributed by atoms with E-state index in [0.717, 1.165) is 30.4 Å². The van der Waals surface area contributed by atoms with Gasteiger partial charge in [-0.15, -0.1) is 0 Å². The summed E-state index contributed by atoms with van der Waals surface area (Å²) in [4.78, 5) is 11.1. The molecule has 0 saturated heterocycles. The van der Waals surface area contributed by atoms with Crippen LogP contribution in [0.3, 0.4) is 0 Å². The van der Waals surface area contributed by atoms with E-state index in [9.17, 15) is 4.79 Å². The van der Waals surface area contributed by atoms with Crippen LogP contribution in [0.5, 0.6) is 0 Å². The lowest BCUT2D eigenvalue weighted by Crippen LogP contribution is -2.12. The van der Waals surface area contributed by atoms with E-state index in [4.69, 9.17) is 5.11 Å². The first-order valence-corrected chi connectivity index (χ1v) is 5.05. The Morgan fingerprint density at radius 3 is 2.71 bits per heavy atom. The van der Waals surface area contributed by atoms with Gasteiger partial charge in [0.2, 0.25) is 0 Å². The zero-order chi connectivity index (χ0) is 10.1. The van der Waals surface area contributed by atoms with E-state index < -0.39 is 5.97 Å². The lowest BCUT2D eigenvalue weighted by molar-refractivity contribution is 0.0694. The van der Waals surface area contributed by atoms with Crippen LogP contribution in [-0.4, -0.2) is 11.1 Å². The molecule has 0 fully saturated rings. The van der Waals surface area contributed by atoms with Gasteiger partial charge in [0.15, 0.2) is 0 Å². The van der Waals surface area contributed by atoms with Gasteiger partial charge >= 0.3 is 5.97 Å². The molecule has 2 rings (SSSR count). The second kappa shape index (κ2) is 3.45. The summed E-state index contributed by atoms with van der Waals surface area (Å²) in [6.45, 7) is 1.87. The van der Waals surface area contributed by atoms with Crippen molar-refractivity contribution in [1.29, 1.82) is 0 Å². The number of carboxylic acid groups (broad SMARTS) is 1. The maximum absolute atomic E-state index is 11.1. The Kier molecular flexibility index (Phi) is 2.28. The first kappa shape index (κ1) is 9.25. The highest BCUT2D eigenvalue weighted by atomic mass is 16.4. The van der Waals surface area contributed by atoms with Crippen molar-refractivity contribution in [2.45, 2.75) is 32.6 Å². The summed E-state index contributed by atoms with van der Waals surface area (Å²) >= 11 is 0. The van der Waals surface area contributed by atoms with Crippen LogP contribution in [0.15, 0.2) is 12.1 Å². The first-order valence-electron chi connectivity index (χ1n) is 5.05. The Hall–Kier alpha value is -1.31. The average molecular weight is 190 g/mol. The zero-order valence-electron chi connectivity index (χ0n) is 8.34. The lowest BCUT2D eigenvalue weighted by Gasteiger charge is -2.18. The third-order valence-electron chi connectivity index (χ3n) is 2.96. The van der Waals surface area contributed by atoms with Gasteiger partial charge in [-0.2, -0.15) is 0 Å². The zero-order valence-corrected chi connectivity index (χ0v) is 8.34. The number of carboxylic acids is 1. The van der Waals surface area contributed by atoms with Crippen molar-refractivity contribution in [3.05, 3.63) is 34.4 Å². The molecule has 0 atom stereocenters. The molecule has 1 aliphatic carbocycles. The summed E-state index contributed by atoms with van der Waals surface area (Å²) in [5.74, 6) is -0.777. The fraction of sp³-hybridized carbons (Fsp3) is 0.417. The third-order valence-corrected chi connectivity index (χ3v) is 2.96. The monoisotopic (exact) mass is 190 g/mol. The van der Waals surface area contributed by atoms with Crippen LogP contribution >= 0.6 is 0 Å². The number of hydrogen-bond donors (Lipinski definition) is 1. The summed E-state index contributed by atoms with van der Waals surface area (Å²) in [6, 6.07) is 4.00.